The van der Waals surface area contributed by atoms with Gasteiger partial charge in [0.2, 0.25) is 0 Å². The highest BCUT2D eigenvalue weighted by atomic mass is 16.5. The van der Waals surface area contributed by atoms with Crippen molar-refractivity contribution in [3.8, 4) is 16.9 Å². The maximum Gasteiger partial charge on any atom is 0.126 e. The number of anilines is 1. The first-order valence-electron chi connectivity index (χ1n) is 11.4. The molecule has 0 saturated heterocycles. The molecule has 2 heterocycles. The fourth-order valence-electron chi connectivity index (χ4n) is 4.58. The zero-order valence-electron chi connectivity index (χ0n) is 19.1. The Bertz CT molecular complexity index is 1000. The molecule has 0 atom stereocenters. The fraction of sp³-hybridized carbons (Fsp3) is 0.462. The van der Waals surface area contributed by atoms with Gasteiger partial charge in [-0.2, -0.15) is 5.10 Å². The molecule has 0 aliphatic heterocycles. The molecule has 1 aliphatic carbocycles. The number of methoxy groups -OCH3 is 1. The summed E-state index contributed by atoms with van der Waals surface area (Å²) in [4.78, 5) is 4.53. The second-order valence-electron chi connectivity index (χ2n) is 9.06. The molecule has 0 bridgehead atoms. The van der Waals surface area contributed by atoms with E-state index in [-0.39, 0.29) is 0 Å². The van der Waals surface area contributed by atoms with Gasteiger partial charge in [0.1, 0.15) is 11.6 Å². The van der Waals surface area contributed by atoms with Gasteiger partial charge in [-0.05, 0) is 93.2 Å². The van der Waals surface area contributed by atoms with E-state index in [1.807, 2.05) is 17.1 Å². The number of nitrogens with one attached hydrogen (secondary N) is 1. The first kappa shape index (κ1) is 21.4. The number of benzene rings is 1. The maximum atomic E-state index is 5.41. The summed E-state index contributed by atoms with van der Waals surface area (Å²) in [6.45, 7) is 7.39. The van der Waals surface area contributed by atoms with E-state index in [0.29, 0.717) is 17.9 Å². The molecule has 0 amide bonds. The van der Waals surface area contributed by atoms with Crippen molar-refractivity contribution in [2.45, 2.75) is 58.4 Å². The SMILES string of the molecule is COc1ccc(C2CCC(CNc3cc(-c4cnn(C(C)C)c4)ccn3)CC2)cc1C. The second-order valence-corrected chi connectivity index (χ2v) is 9.06. The number of hydrogen-bond acceptors (Lipinski definition) is 4. The van der Waals surface area contributed by atoms with E-state index >= 15 is 0 Å². The summed E-state index contributed by atoms with van der Waals surface area (Å²) in [5.74, 6) is 3.29. The smallest absolute Gasteiger partial charge is 0.126 e. The fourth-order valence-corrected chi connectivity index (χ4v) is 4.58. The largest absolute Gasteiger partial charge is 0.496 e. The van der Waals surface area contributed by atoms with E-state index in [1.54, 1.807) is 7.11 Å². The van der Waals surface area contributed by atoms with E-state index < -0.39 is 0 Å². The third kappa shape index (κ3) is 5.09. The molecule has 0 unspecified atom stereocenters. The molecule has 1 aliphatic rings. The van der Waals surface area contributed by atoms with Gasteiger partial charge in [0.15, 0.2) is 0 Å². The third-order valence-electron chi connectivity index (χ3n) is 6.53. The second kappa shape index (κ2) is 9.54. The highest BCUT2D eigenvalue weighted by Gasteiger charge is 2.23. The van der Waals surface area contributed by atoms with E-state index in [2.05, 4.69) is 72.7 Å². The molecular weight excluding hydrogens is 384 g/mol. The van der Waals surface area contributed by atoms with Crippen LogP contribution in [0.3, 0.4) is 0 Å². The zero-order valence-corrected chi connectivity index (χ0v) is 19.1. The van der Waals surface area contributed by atoms with Crippen LogP contribution in [-0.4, -0.2) is 28.4 Å². The van der Waals surface area contributed by atoms with Crippen LogP contribution in [-0.2, 0) is 0 Å². The molecular formula is C26H34N4O. The first-order valence-corrected chi connectivity index (χ1v) is 11.4. The Morgan fingerprint density at radius 3 is 2.58 bits per heavy atom. The Morgan fingerprint density at radius 2 is 1.90 bits per heavy atom. The Morgan fingerprint density at radius 1 is 1.10 bits per heavy atom. The number of rotatable bonds is 7. The van der Waals surface area contributed by atoms with Crippen molar-refractivity contribution in [1.29, 1.82) is 0 Å². The van der Waals surface area contributed by atoms with E-state index in [1.165, 1.54) is 36.8 Å². The Kier molecular flexibility index (Phi) is 6.59. The van der Waals surface area contributed by atoms with Crippen LogP contribution in [0.25, 0.3) is 11.1 Å². The summed E-state index contributed by atoms with van der Waals surface area (Å²) >= 11 is 0. The molecule has 164 valence electrons. The number of aromatic nitrogens is 3. The monoisotopic (exact) mass is 418 g/mol. The molecule has 1 fully saturated rings. The minimum Gasteiger partial charge on any atom is -0.496 e. The molecule has 31 heavy (non-hydrogen) atoms. The standard InChI is InChI=1S/C26H34N4O/c1-18(2)30-17-24(16-29-30)23-11-12-27-26(14-23)28-15-20-5-7-21(8-6-20)22-9-10-25(31-4)19(3)13-22/h9-14,16-18,20-21H,5-8,15H2,1-4H3,(H,27,28). The lowest BCUT2D eigenvalue weighted by Crippen LogP contribution is -2.21. The summed E-state index contributed by atoms with van der Waals surface area (Å²) in [6.07, 6.45) is 10.9. The van der Waals surface area contributed by atoms with Crippen molar-refractivity contribution in [2.75, 3.05) is 19.0 Å². The molecule has 5 nitrogen and oxygen atoms in total. The van der Waals surface area contributed by atoms with Crippen LogP contribution >= 0.6 is 0 Å². The highest BCUT2D eigenvalue weighted by Crippen LogP contribution is 2.37. The first-order chi connectivity index (χ1) is 15.0. The van der Waals surface area contributed by atoms with Gasteiger partial charge in [-0.1, -0.05) is 12.1 Å². The number of pyridine rings is 1. The van der Waals surface area contributed by atoms with E-state index in [4.69, 9.17) is 4.74 Å². The Balaban J connectivity index is 1.31. The van der Waals surface area contributed by atoms with E-state index in [9.17, 15) is 0 Å². The molecule has 0 spiro atoms. The van der Waals surface area contributed by atoms with Crippen LogP contribution in [0.1, 0.15) is 62.6 Å². The van der Waals surface area contributed by atoms with Crippen molar-refractivity contribution in [3.63, 3.8) is 0 Å². The molecule has 1 N–H and O–H groups in total. The summed E-state index contributed by atoms with van der Waals surface area (Å²) < 4.78 is 7.40. The third-order valence-corrected chi connectivity index (χ3v) is 6.53. The summed E-state index contributed by atoms with van der Waals surface area (Å²) in [5, 5.41) is 8.04. The van der Waals surface area contributed by atoms with Crippen molar-refractivity contribution in [1.82, 2.24) is 14.8 Å². The van der Waals surface area contributed by atoms with Crippen molar-refractivity contribution >= 4 is 5.82 Å². The molecule has 3 aromatic rings. The van der Waals surface area contributed by atoms with Gasteiger partial charge in [0, 0.05) is 30.5 Å². The van der Waals surface area contributed by atoms with Crippen molar-refractivity contribution in [2.24, 2.45) is 5.92 Å². The normalized spacial score (nSPS) is 18.9. The average molecular weight is 419 g/mol. The minimum atomic E-state index is 0.366. The van der Waals surface area contributed by atoms with Gasteiger partial charge >= 0.3 is 0 Å². The topological polar surface area (TPSA) is 52.0 Å². The number of hydrogen-bond donors (Lipinski definition) is 1. The lowest BCUT2D eigenvalue weighted by atomic mass is 9.78. The van der Waals surface area contributed by atoms with Gasteiger partial charge in [0.25, 0.3) is 0 Å². The van der Waals surface area contributed by atoms with Crippen LogP contribution in [0.5, 0.6) is 5.75 Å². The van der Waals surface area contributed by atoms with Crippen molar-refractivity contribution in [3.05, 3.63) is 60.0 Å². The summed E-state index contributed by atoms with van der Waals surface area (Å²) in [7, 11) is 1.74. The van der Waals surface area contributed by atoms with Crippen LogP contribution in [0.4, 0.5) is 5.82 Å². The lowest BCUT2D eigenvalue weighted by molar-refractivity contribution is 0.338. The molecule has 0 radical (unpaired) electrons. The number of ether oxygens (including phenoxy) is 1. The minimum absolute atomic E-state index is 0.366. The molecule has 1 saturated carbocycles. The van der Waals surface area contributed by atoms with Crippen LogP contribution in [0.15, 0.2) is 48.9 Å². The molecule has 5 heteroatoms. The average Bonchev–Trinajstić information content (AvgIpc) is 3.29. The quantitative estimate of drug-likeness (QED) is 0.494. The highest BCUT2D eigenvalue weighted by molar-refractivity contribution is 5.64. The molecule has 4 rings (SSSR count). The van der Waals surface area contributed by atoms with Crippen LogP contribution < -0.4 is 10.1 Å². The molecule has 1 aromatic carbocycles. The zero-order chi connectivity index (χ0) is 21.8. The number of nitrogens with zero attached hydrogens (tertiary/aromatic N) is 3. The van der Waals surface area contributed by atoms with Gasteiger partial charge in [-0.15, -0.1) is 0 Å². The van der Waals surface area contributed by atoms with E-state index in [0.717, 1.165) is 29.2 Å². The van der Waals surface area contributed by atoms with Crippen molar-refractivity contribution < 1.29 is 4.74 Å². The number of aryl methyl sites for hydroxylation is 1. The van der Waals surface area contributed by atoms with Crippen LogP contribution in [0, 0.1) is 12.8 Å². The summed E-state index contributed by atoms with van der Waals surface area (Å²) in [5.41, 5.74) is 4.98. The van der Waals surface area contributed by atoms with Crippen LogP contribution in [0.2, 0.25) is 0 Å². The lowest BCUT2D eigenvalue weighted by Gasteiger charge is -2.29. The predicted molar refractivity (Wildman–Crippen MR) is 127 cm³/mol. The van der Waals surface area contributed by atoms with Gasteiger partial charge in [-0.25, -0.2) is 4.98 Å². The predicted octanol–water partition coefficient (Wildman–Crippen LogP) is 6.23. The Labute approximate surface area is 185 Å². The maximum absolute atomic E-state index is 5.41. The summed E-state index contributed by atoms with van der Waals surface area (Å²) in [6, 6.07) is 11.2. The molecule has 2 aromatic heterocycles. The van der Waals surface area contributed by atoms with Gasteiger partial charge in [0.05, 0.1) is 13.3 Å². The van der Waals surface area contributed by atoms with Gasteiger partial charge in [-0.3, -0.25) is 4.68 Å². The van der Waals surface area contributed by atoms with Gasteiger partial charge < -0.3 is 10.1 Å². The Hall–Kier alpha value is -2.82.